The molecular formula is C21H20N4O4S2. The maximum atomic E-state index is 12.7. The molecule has 4 rings (SSSR count). The lowest BCUT2D eigenvalue weighted by Crippen LogP contribution is -2.28. The summed E-state index contributed by atoms with van der Waals surface area (Å²) >= 11 is 1.01. The molecule has 1 N–H and O–H groups in total. The monoisotopic (exact) mass is 456 g/mol. The summed E-state index contributed by atoms with van der Waals surface area (Å²) in [6.07, 6.45) is 0.105. The Morgan fingerprint density at radius 3 is 2.58 bits per heavy atom. The minimum Gasteiger partial charge on any atom is -0.311 e. The Morgan fingerprint density at radius 2 is 1.84 bits per heavy atom. The average molecular weight is 457 g/mol. The molecule has 1 saturated heterocycles. The van der Waals surface area contributed by atoms with Crippen LogP contribution in [0.15, 0.2) is 59.5 Å². The summed E-state index contributed by atoms with van der Waals surface area (Å²) in [7, 11) is -3.55. The highest BCUT2D eigenvalue weighted by Crippen LogP contribution is 2.29. The van der Waals surface area contributed by atoms with Crippen molar-refractivity contribution >= 4 is 43.8 Å². The number of para-hydroxylation sites is 1. The van der Waals surface area contributed by atoms with Crippen LogP contribution in [-0.4, -0.2) is 37.0 Å². The Hall–Kier alpha value is -3.11. The Kier molecular flexibility index (Phi) is 5.84. The molecule has 8 nitrogen and oxygen atoms in total. The second-order valence-electron chi connectivity index (χ2n) is 7.25. The molecule has 31 heavy (non-hydrogen) atoms. The fourth-order valence-corrected chi connectivity index (χ4v) is 5.79. The Morgan fingerprint density at radius 1 is 1.13 bits per heavy atom. The summed E-state index contributed by atoms with van der Waals surface area (Å²) in [6.45, 7) is 2.20. The number of hydrogen-bond donors (Lipinski definition) is 1. The van der Waals surface area contributed by atoms with E-state index in [0.29, 0.717) is 0 Å². The Labute approximate surface area is 183 Å². The van der Waals surface area contributed by atoms with Gasteiger partial charge in [0.1, 0.15) is 10.8 Å². The van der Waals surface area contributed by atoms with Crippen LogP contribution in [0.5, 0.6) is 0 Å². The largest absolute Gasteiger partial charge is 0.311 e. The van der Waals surface area contributed by atoms with Gasteiger partial charge in [0.2, 0.25) is 16.9 Å². The van der Waals surface area contributed by atoms with Crippen LogP contribution in [0.1, 0.15) is 17.0 Å². The zero-order chi connectivity index (χ0) is 22.0. The number of anilines is 2. The van der Waals surface area contributed by atoms with Crippen molar-refractivity contribution in [1.82, 2.24) is 10.2 Å². The van der Waals surface area contributed by atoms with E-state index in [1.165, 1.54) is 12.1 Å². The summed E-state index contributed by atoms with van der Waals surface area (Å²) in [5, 5.41) is 10.9. The van der Waals surface area contributed by atoms with Crippen LogP contribution >= 0.6 is 11.3 Å². The van der Waals surface area contributed by atoms with Crippen LogP contribution in [0.3, 0.4) is 0 Å². The van der Waals surface area contributed by atoms with Crippen molar-refractivity contribution in [2.75, 3.05) is 16.8 Å². The minimum absolute atomic E-state index is 0.105. The predicted octanol–water partition coefficient (Wildman–Crippen LogP) is 2.81. The first kappa shape index (κ1) is 21.1. The smallest absolute Gasteiger partial charge is 0.231 e. The number of aryl methyl sites for hydroxylation is 1. The molecule has 1 fully saturated rings. The number of sulfone groups is 1. The fourth-order valence-electron chi connectivity index (χ4n) is 3.43. The van der Waals surface area contributed by atoms with Gasteiger partial charge in [0.15, 0.2) is 9.84 Å². The SMILES string of the molecule is Cc1ccccc1N1CC(C(=O)Nc2nnc(CS(=O)(=O)c3ccccc3)s2)CC1=O. The number of hydrogen-bond acceptors (Lipinski definition) is 7. The molecule has 0 bridgehead atoms. The number of carbonyl (C=O) groups is 2. The number of aromatic nitrogens is 2. The third-order valence-electron chi connectivity index (χ3n) is 5.01. The van der Waals surface area contributed by atoms with Gasteiger partial charge in [-0.25, -0.2) is 8.42 Å². The molecule has 1 atom stereocenters. The van der Waals surface area contributed by atoms with E-state index in [-0.39, 0.29) is 45.6 Å². The standard InChI is InChI=1S/C21H20N4O4S2/c1-14-7-5-6-10-17(14)25-12-15(11-19(25)26)20(27)22-21-24-23-18(30-21)13-31(28,29)16-8-3-2-4-9-16/h2-10,15H,11-13H2,1H3,(H,22,24,27). The van der Waals surface area contributed by atoms with E-state index in [1.54, 1.807) is 23.1 Å². The summed E-state index contributed by atoms with van der Waals surface area (Å²) in [4.78, 5) is 26.9. The highest BCUT2D eigenvalue weighted by Gasteiger charge is 2.36. The van der Waals surface area contributed by atoms with E-state index in [1.807, 2.05) is 31.2 Å². The van der Waals surface area contributed by atoms with Gasteiger partial charge in [0.25, 0.3) is 0 Å². The van der Waals surface area contributed by atoms with E-state index in [9.17, 15) is 18.0 Å². The van der Waals surface area contributed by atoms with Crippen LogP contribution in [0, 0.1) is 12.8 Å². The van der Waals surface area contributed by atoms with Gasteiger partial charge in [-0.2, -0.15) is 0 Å². The molecule has 2 amide bonds. The average Bonchev–Trinajstić information content (AvgIpc) is 3.35. The van der Waals surface area contributed by atoms with Gasteiger partial charge in [-0.05, 0) is 30.7 Å². The second-order valence-corrected chi connectivity index (χ2v) is 10.3. The molecular weight excluding hydrogens is 436 g/mol. The van der Waals surface area contributed by atoms with Gasteiger partial charge in [0.05, 0.1) is 10.8 Å². The van der Waals surface area contributed by atoms with Gasteiger partial charge in [-0.3, -0.25) is 9.59 Å². The van der Waals surface area contributed by atoms with Crippen molar-refractivity contribution < 1.29 is 18.0 Å². The summed E-state index contributed by atoms with van der Waals surface area (Å²) in [5.74, 6) is -1.26. The maximum absolute atomic E-state index is 12.7. The first-order valence-electron chi connectivity index (χ1n) is 9.60. The van der Waals surface area contributed by atoms with Crippen LogP contribution < -0.4 is 10.2 Å². The molecule has 2 aromatic carbocycles. The third kappa shape index (κ3) is 4.64. The van der Waals surface area contributed by atoms with Crippen molar-refractivity contribution in [3.63, 3.8) is 0 Å². The first-order valence-corrected chi connectivity index (χ1v) is 12.1. The number of nitrogens with one attached hydrogen (secondary N) is 1. The lowest BCUT2D eigenvalue weighted by atomic mass is 10.1. The summed E-state index contributed by atoms with van der Waals surface area (Å²) in [6, 6.07) is 15.6. The topological polar surface area (TPSA) is 109 Å². The molecule has 160 valence electrons. The molecule has 0 radical (unpaired) electrons. The van der Waals surface area contributed by atoms with Crippen molar-refractivity contribution in [3.05, 3.63) is 65.2 Å². The first-order chi connectivity index (χ1) is 14.8. The van der Waals surface area contributed by atoms with Crippen LogP contribution in [-0.2, 0) is 25.2 Å². The quantitative estimate of drug-likeness (QED) is 0.611. The summed E-state index contributed by atoms with van der Waals surface area (Å²) < 4.78 is 25.0. The summed E-state index contributed by atoms with van der Waals surface area (Å²) in [5.41, 5.74) is 1.76. The molecule has 10 heteroatoms. The van der Waals surface area contributed by atoms with Crippen molar-refractivity contribution in [3.8, 4) is 0 Å². The highest BCUT2D eigenvalue weighted by atomic mass is 32.2. The molecule has 0 saturated carbocycles. The van der Waals surface area contributed by atoms with Gasteiger partial charge >= 0.3 is 0 Å². The van der Waals surface area contributed by atoms with Gasteiger partial charge in [0, 0.05) is 18.7 Å². The van der Waals surface area contributed by atoms with Crippen molar-refractivity contribution in [2.24, 2.45) is 5.92 Å². The van der Waals surface area contributed by atoms with Crippen LogP contribution in [0.4, 0.5) is 10.8 Å². The predicted molar refractivity (Wildman–Crippen MR) is 118 cm³/mol. The number of nitrogens with zero attached hydrogens (tertiary/aromatic N) is 3. The molecule has 1 aliphatic heterocycles. The third-order valence-corrected chi connectivity index (χ3v) is 7.68. The zero-order valence-corrected chi connectivity index (χ0v) is 18.3. The Bertz CT molecular complexity index is 1220. The number of carbonyl (C=O) groups excluding carboxylic acids is 2. The van der Waals surface area contributed by atoms with Gasteiger partial charge in [-0.1, -0.05) is 47.7 Å². The van der Waals surface area contributed by atoms with E-state index < -0.39 is 15.8 Å². The number of benzene rings is 2. The van der Waals surface area contributed by atoms with Crippen LogP contribution in [0.2, 0.25) is 0 Å². The van der Waals surface area contributed by atoms with Crippen molar-refractivity contribution in [2.45, 2.75) is 24.0 Å². The molecule has 1 aliphatic rings. The number of amides is 2. The molecule has 1 unspecified atom stereocenters. The normalized spacial score (nSPS) is 16.5. The minimum atomic E-state index is -3.55. The Balaban J connectivity index is 1.41. The molecule has 2 heterocycles. The highest BCUT2D eigenvalue weighted by molar-refractivity contribution is 7.90. The van der Waals surface area contributed by atoms with Gasteiger partial charge in [-0.15, -0.1) is 10.2 Å². The molecule has 0 aliphatic carbocycles. The molecule has 3 aromatic rings. The van der Waals surface area contributed by atoms with E-state index in [0.717, 1.165) is 22.6 Å². The lowest BCUT2D eigenvalue weighted by Gasteiger charge is -2.18. The number of rotatable bonds is 6. The van der Waals surface area contributed by atoms with Gasteiger partial charge < -0.3 is 10.2 Å². The van der Waals surface area contributed by atoms with E-state index in [4.69, 9.17) is 0 Å². The maximum Gasteiger partial charge on any atom is 0.231 e. The zero-order valence-electron chi connectivity index (χ0n) is 16.7. The molecule has 1 aromatic heterocycles. The van der Waals surface area contributed by atoms with E-state index >= 15 is 0 Å². The van der Waals surface area contributed by atoms with Crippen LogP contribution in [0.25, 0.3) is 0 Å². The second kappa shape index (κ2) is 8.56. The van der Waals surface area contributed by atoms with E-state index in [2.05, 4.69) is 15.5 Å². The van der Waals surface area contributed by atoms with Crippen molar-refractivity contribution in [1.29, 1.82) is 0 Å². The fraction of sp³-hybridized carbons (Fsp3) is 0.238. The molecule has 0 spiro atoms. The lowest BCUT2D eigenvalue weighted by molar-refractivity contribution is -0.122.